The van der Waals surface area contributed by atoms with Crippen LogP contribution < -0.4 is 5.32 Å². The summed E-state index contributed by atoms with van der Waals surface area (Å²) in [5.74, 6) is 2.09. The average Bonchev–Trinajstić information content (AvgIpc) is 2.84. The van der Waals surface area contributed by atoms with Crippen molar-refractivity contribution in [3.8, 4) is 0 Å². The van der Waals surface area contributed by atoms with Crippen LogP contribution in [0.3, 0.4) is 0 Å². The summed E-state index contributed by atoms with van der Waals surface area (Å²) in [6.45, 7) is 10.7. The molecule has 0 aliphatic rings. The van der Waals surface area contributed by atoms with Crippen LogP contribution >= 0.6 is 24.0 Å². The smallest absolute Gasteiger partial charge is 0.193 e. The first-order valence-electron chi connectivity index (χ1n) is 8.37. The third-order valence-corrected chi connectivity index (χ3v) is 4.17. The van der Waals surface area contributed by atoms with Crippen molar-refractivity contribution in [1.29, 1.82) is 0 Å². The second-order valence-electron chi connectivity index (χ2n) is 6.33. The van der Waals surface area contributed by atoms with E-state index in [0.29, 0.717) is 11.8 Å². The molecule has 0 bridgehead atoms. The number of hydrogen-bond acceptors (Lipinski definition) is 2. The van der Waals surface area contributed by atoms with E-state index < -0.39 is 0 Å². The molecule has 1 aromatic rings. The van der Waals surface area contributed by atoms with E-state index in [2.05, 4.69) is 61.2 Å². The van der Waals surface area contributed by atoms with Crippen LogP contribution in [0.5, 0.6) is 0 Å². The molecule has 1 rings (SSSR count). The Morgan fingerprint density at radius 2 is 1.96 bits per heavy atom. The SMILES string of the molecule is CCC(CC)CNC(=NC)N(C)Cc1cn(C)nc1C(C)C.I. The van der Waals surface area contributed by atoms with Gasteiger partial charge in [-0.15, -0.1) is 24.0 Å². The van der Waals surface area contributed by atoms with Gasteiger partial charge in [0.15, 0.2) is 5.96 Å². The monoisotopic (exact) mass is 435 g/mol. The molecule has 0 radical (unpaired) electrons. The third-order valence-electron chi connectivity index (χ3n) is 4.17. The molecule has 1 N–H and O–H groups in total. The summed E-state index contributed by atoms with van der Waals surface area (Å²) >= 11 is 0. The van der Waals surface area contributed by atoms with Gasteiger partial charge in [-0.2, -0.15) is 5.10 Å². The molecule has 0 aliphatic carbocycles. The highest BCUT2D eigenvalue weighted by molar-refractivity contribution is 14.0. The van der Waals surface area contributed by atoms with Crippen molar-refractivity contribution >= 4 is 29.9 Å². The fourth-order valence-electron chi connectivity index (χ4n) is 2.69. The Bertz CT molecular complexity index is 477. The van der Waals surface area contributed by atoms with E-state index in [9.17, 15) is 0 Å². The van der Waals surface area contributed by atoms with E-state index >= 15 is 0 Å². The number of hydrogen-bond donors (Lipinski definition) is 1. The number of rotatable bonds is 7. The molecule has 1 heterocycles. The van der Waals surface area contributed by atoms with Crippen molar-refractivity contribution in [2.75, 3.05) is 20.6 Å². The van der Waals surface area contributed by atoms with Crippen LogP contribution in [0.4, 0.5) is 0 Å². The molecule has 0 aliphatic heterocycles. The molecule has 0 aromatic carbocycles. The highest BCUT2D eigenvalue weighted by Crippen LogP contribution is 2.18. The Morgan fingerprint density at radius 1 is 1.35 bits per heavy atom. The Morgan fingerprint density at radius 3 is 2.43 bits per heavy atom. The Balaban J connectivity index is 0.00000484. The molecule has 134 valence electrons. The molecule has 0 atom stereocenters. The van der Waals surface area contributed by atoms with Gasteiger partial charge in [-0.1, -0.05) is 40.5 Å². The molecule has 0 unspecified atom stereocenters. The molecule has 0 saturated heterocycles. The molecule has 0 fully saturated rings. The minimum absolute atomic E-state index is 0. The maximum atomic E-state index is 4.58. The average molecular weight is 435 g/mol. The maximum absolute atomic E-state index is 4.58. The first-order chi connectivity index (χ1) is 10.4. The lowest BCUT2D eigenvalue weighted by Crippen LogP contribution is -2.40. The number of nitrogens with zero attached hydrogens (tertiary/aromatic N) is 4. The van der Waals surface area contributed by atoms with E-state index in [4.69, 9.17) is 0 Å². The lowest BCUT2D eigenvalue weighted by molar-refractivity contribution is 0.439. The standard InChI is InChI=1S/C17H33N5.HI/c1-8-14(9-2)10-19-17(18-5)21(6)11-15-12-22(7)20-16(15)13(3)4;/h12-14H,8-11H2,1-7H3,(H,18,19);1H. The van der Waals surface area contributed by atoms with Crippen LogP contribution in [0.2, 0.25) is 0 Å². The Hall–Kier alpha value is -0.790. The summed E-state index contributed by atoms with van der Waals surface area (Å²) < 4.78 is 1.90. The van der Waals surface area contributed by atoms with E-state index in [1.807, 2.05) is 18.8 Å². The number of halogens is 1. The zero-order valence-electron chi connectivity index (χ0n) is 15.8. The minimum atomic E-state index is 0. The summed E-state index contributed by atoms with van der Waals surface area (Å²) in [6.07, 6.45) is 4.51. The predicted octanol–water partition coefficient (Wildman–Crippen LogP) is 3.60. The molecule has 23 heavy (non-hydrogen) atoms. The molecular formula is C17H34IN5. The topological polar surface area (TPSA) is 45.5 Å². The van der Waals surface area contributed by atoms with Gasteiger partial charge in [0.1, 0.15) is 0 Å². The second-order valence-corrected chi connectivity index (χ2v) is 6.33. The Kier molecular flexibility index (Phi) is 10.5. The summed E-state index contributed by atoms with van der Waals surface area (Å²) in [6, 6.07) is 0. The number of nitrogens with one attached hydrogen (secondary N) is 1. The fourth-order valence-corrected chi connectivity index (χ4v) is 2.69. The first-order valence-corrected chi connectivity index (χ1v) is 8.37. The van der Waals surface area contributed by atoms with E-state index in [-0.39, 0.29) is 24.0 Å². The second kappa shape index (κ2) is 10.9. The Labute approximate surface area is 158 Å². The fraction of sp³-hybridized carbons (Fsp3) is 0.765. The lowest BCUT2D eigenvalue weighted by Gasteiger charge is -2.24. The van der Waals surface area contributed by atoms with Gasteiger partial charge in [0.05, 0.1) is 5.69 Å². The van der Waals surface area contributed by atoms with Crippen molar-refractivity contribution in [1.82, 2.24) is 20.0 Å². The van der Waals surface area contributed by atoms with Crippen molar-refractivity contribution in [2.45, 2.75) is 53.0 Å². The van der Waals surface area contributed by atoms with Gasteiger partial charge >= 0.3 is 0 Å². The van der Waals surface area contributed by atoms with Crippen molar-refractivity contribution in [2.24, 2.45) is 18.0 Å². The molecule has 6 heteroatoms. The molecule has 5 nitrogen and oxygen atoms in total. The van der Waals surface area contributed by atoms with Gasteiger partial charge in [0.2, 0.25) is 0 Å². The zero-order valence-corrected chi connectivity index (χ0v) is 18.1. The number of aromatic nitrogens is 2. The van der Waals surface area contributed by atoms with Gasteiger partial charge < -0.3 is 10.2 Å². The molecule has 0 amide bonds. The quantitative estimate of drug-likeness (QED) is 0.405. The zero-order chi connectivity index (χ0) is 16.7. The van der Waals surface area contributed by atoms with E-state index in [1.165, 1.54) is 24.1 Å². The highest BCUT2D eigenvalue weighted by atomic mass is 127. The van der Waals surface area contributed by atoms with Gasteiger partial charge in [0.25, 0.3) is 0 Å². The summed E-state index contributed by atoms with van der Waals surface area (Å²) in [5, 5.41) is 8.07. The first kappa shape index (κ1) is 22.2. The number of guanidine groups is 1. The highest BCUT2D eigenvalue weighted by Gasteiger charge is 2.15. The van der Waals surface area contributed by atoms with E-state index in [0.717, 1.165) is 19.0 Å². The van der Waals surface area contributed by atoms with Crippen molar-refractivity contribution in [3.63, 3.8) is 0 Å². The van der Waals surface area contributed by atoms with Gasteiger partial charge in [-0.25, -0.2) is 0 Å². The molecule has 1 aromatic heterocycles. The van der Waals surface area contributed by atoms with Crippen LogP contribution in [0.1, 0.15) is 57.7 Å². The number of aryl methyl sites for hydroxylation is 1. The molecule has 0 saturated carbocycles. The van der Waals surface area contributed by atoms with Gasteiger partial charge in [0, 0.05) is 46.0 Å². The number of aliphatic imine (C=N–C) groups is 1. The van der Waals surface area contributed by atoms with Gasteiger partial charge in [-0.3, -0.25) is 9.67 Å². The summed E-state index contributed by atoms with van der Waals surface area (Å²) in [4.78, 5) is 6.58. The molecule has 0 spiro atoms. The normalized spacial score (nSPS) is 11.8. The predicted molar refractivity (Wildman–Crippen MR) is 110 cm³/mol. The third kappa shape index (κ3) is 6.69. The largest absolute Gasteiger partial charge is 0.356 e. The summed E-state index contributed by atoms with van der Waals surface area (Å²) in [5.41, 5.74) is 2.44. The van der Waals surface area contributed by atoms with Crippen LogP contribution in [0.25, 0.3) is 0 Å². The van der Waals surface area contributed by atoms with Crippen molar-refractivity contribution in [3.05, 3.63) is 17.5 Å². The summed E-state index contributed by atoms with van der Waals surface area (Å²) in [7, 11) is 5.91. The van der Waals surface area contributed by atoms with Crippen LogP contribution in [-0.4, -0.2) is 41.3 Å². The van der Waals surface area contributed by atoms with Crippen LogP contribution in [0, 0.1) is 5.92 Å². The molecular weight excluding hydrogens is 401 g/mol. The maximum Gasteiger partial charge on any atom is 0.193 e. The van der Waals surface area contributed by atoms with Crippen molar-refractivity contribution < 1.29 is 0 Å². The lowest BCUT2D eigenvalue weighted by atomic mass is 10.0. The van der Waals surface area contributed by atoms with Gasteiger partial charge in [-0.05, 0) is 11.8 Å². The van der Waals surface area contributed by atoms with E-state index in [1.54, 1.807) is 0 Å². The van der Waals surface area contributed by atoms with Crippen LogP contribution in [0.15, 0.2) is 11.2 Å². The minimum Gasteiger partial charge on any atom is -0.356 e. The van der Waals surface area contributed by atoms with Crippen LogP contribution in [-0.2, 0) is 13.6 Å².